The Bertz CT molecular complexity index is 626. The number of nitrogens with one attached hydrogen (secondary N) is 1. The predicted octanol–water partition coefficient (Wildman–Crippen LogP) is 3.38. The van der Waals surface area contributed by atoms with Crippen LogP contribution in [0.1, 0.15) is 11.3 Å². The van der Waals surface area contributed by atoms with Crippen molar-refractivity contribution in [2.24, 2.45) is 0 Å². The monoisotopic (exact) mass is 352 g/mol. The van der Waals surface area contributed by atoms with Gasteiger partial charge in [0, 0.05) is 5.38 Å². The summed E-state index contributed by atoms with van der Waals surface area (Å²) in [5.74, 6) is 0. The Kier molecular flexibility index (Phi) is 3.58. The normalized spacial score (nSPS) is 11.7. The summed E-state index contributed by atoms with van der Waals surface area (Å²) in [7, 11) is -3.52. The predicted molar refractivity (Wildman–Crippen MR) is 74.4 cm³/mol. The molecule has 0 aliphatic heterocycles. The molecular weight excluding hydrogens is 344 g/mol. The van der Waals surface area contributed by atoms with Gasteiger partial charge < -0.3 is 0 Å². The highest BCUT2D eigenvalue weighted by Gasteiger charge is 2.19. The third-order valence-corrected chi connectivity index (χ3v) is 6.89. The van der Waals surface area contributed by atoms with Crippen molar-refractivity contribution in [3.8, 4) is 0 Å². The lowest BCUT2D eigenvalue weighted by Gasteiger charge is -2.01. The van der Waals surface area contributed by atoms with E-state index >= 15 is 0 Å². The average molecular weight is 353 g/mol. The first-order chi connectivity index (χ1) is 7.88. The highest BCUT2D eigenvalue weighted by molar-refractivity contribution is 9.11. The molecule has 0 bridgehead atoms. The lowest BCUT2D eigenvalue weighted by molar-refractivity contribution is 0.603. The zero-order valence-electron chi connectivity index (χ0n) is 9.02. The molecular formula is C9H9BrN2O2S3. The van der Waals surface area contributed by atoms with E-state index in [0.29, 0.717) is 5.13 Å². The second-order valence-electron chi connectivity index (χ2n) is 3.42. The summed E-state index contributed by atoms with van der Waals surface area (Å²) < 4.78 is 27.6. The van der Waals surface area contributed by atoms with E-state index in [9.17, 15) is 8.42 Å². The summed E-state index contributed by atoms with van der Waals surface area (Å²) in [6.07, 6.45) is 0. The molecule has 0 saturated heterocycles. The van der Waals surface area contributed by atoms with Crippen LogP contribution in [0, 0.1) is 13.8 Å². The minimum atomic E-state index is -3.52. The Morgan fingerprint density at radius 3 is 2.59 bits per heavy atom. The molecule has 8 heteroatoms. The van der Waals surface area contributed by atoms with Crippen LogP contribution >= 0.6 is 38.6 Å². The number of thiophene rings is 1. The quantitative estimate of drug-likeness (QED) is 0.920. The Balaban J connectivity index is 2.31. The number of hydrogen-bond donors (Lipinski definition) is 1. The summed E-state index contributed by atoms with van der Waals surface area (Å²) >= 11 is 5.78. The first kappa shape index (κ1) is 13.0. The minimum absolute atomic E-state index is 0.287. The summed E-state index contributed by atoms with van der Waals surface area (Å²) in [6.45, 7) is 3.67. The van der Waals surface area contributed by atoms with Gasteiger partial charge in [-0.2, -0.15) is 0 Å². The highest BCUT2D eigenvalue weighted by atomic mass is 79.9. The second kappa shape index (κ2) is 4.68. The van der Waals surface area contributed by atoms with Crippen molar-refractivity contribution in [3.63, 3.8) is 0 Å². The molecule has 2 aromatic rings. The van der Waals surface area contributed by atoms with Gasteiger partial charge in [-0.15, -0.1) is 22.7 Å². The fourth-order valence-corrected chi connectivity index (χ4v) is 5.30. The Morgan fingerprint density at radius 2 is 2.12 bits per heavy atom. The molecule has 17 heavy (non-hydrogen) atoms. The van der Waals surface area contributed by atoms with E-state index in [-0.39, 0.29) is 4.21 Å². The molecule has 1 N–H and O–H groups in total. The van der Waals surface area contributed by atoms with Crippen LogP contribution in [0.25, 0.3) is 0 Å². The Hall–Kier alpha value is -0.440. The molecule has 0 radical (unpaired) electrons. The standard InChI is InChI=1S/C9H9BrN2O2S3/c1-5-3-7(16-8(5)10)17(13,14)12-9-11-6(2)4-15-9/h3-4H,1-2H3,(H,11,12). The third kappa shape index (κ3) is 2.87. The second-order valence-corrected chi connectivity index (χ2v) is 8.56. The summed E-state index contributed by atoms with van der Waals surface area (Å²) in [5.41, 5.74) is 1.71. The number of rotatable bonds is 3. The molecule has 0 unspecified atom stereocenters. The lowest BCUT2D eigenvalue weighted by atomic mass is 10.4. The molecule has 0 aliphatic carbocycles. The van der Waals surface area contributed by atoms with E-state index < -0.39 is 10.0 Å². The molecule has 2 aromatic heterocycles. The number of aryl methyl sites for hydroxylation is 2. The SMILES string of the molecule is Cc1csc(NS(=O)(=O)c2cc(C)c(Br)s2)n1. The van der Waals surface area contributed by atoms with E-state index in [1.807, 2.05) is 13.8 Å². The van der Waals surface area contributed by atoms with Crippen molar-refractivity contribution in [2.45, 2.75) is 18.1 Å². The number of nitrogens with zero attached hydrogens (tertiary/aromatic N) is 1. The van der Waals surface area contributed by atoms with Gasteiger partial charge in [-0.05, 0) is 41.4 Å². The fourth-order valence-electron chi connectivity index (χ4n) is 1.13. The van der Waals surface area contributed by atoms with Gasteiger partial charge in [0.15, 0.2) is 5.13 Å². The Labute approximate surface area is 116 Å². The van der Waals surface area contributed by atoms with Crippen molar-refractivity contribution >= 4 is 53.8 Å². The topological polar surface area (TPSA) is 59.1 Å². The summed E-state index contributed by atoms with van der Waals surface area (Å²) in [6, 6.07) is 1.64. The number of aromatic nitrogens is 1. The van der Waals surface area contributed by atoms with E-state index in [0.717, 1.165) is 15.0 Å². The minimum Gasteiger partial charge on any atom is -0.254 e. The smallest absolute Gasteiger partial charge is 0.254 e. The van der Waals surface area contributed by atoms with Gasteiger partial charge in [-0.1, -0.05) is 0 Å². The molecule has 0 fully saturated rings. The number of anilines is 1. The van der Waals surface area contributed by atoms with E-state index in [2.05, 4.69) is 25.6 Å². The van der Waals surface area contributed by atoms with Crippen LogP contribution in [-0.2, 0) is 10.0 Å². The largest absolute Gasteiger partial charge is 0.273 e. The third-order valence-electron chi connectivity index (χ3n) is 1.94. The van der Waals surface area contributed by atoms with E-state index in [4.69, 9.17) is 0 Å². The van der Waals surface area contributed by atoms with Gasteiger partial charge in [0.2, 0.25) is 0 Å². The van der Waals surface area contributed by atoms with Crippen LogP contribution in [0.3, 0.4) is 0 Å². The molecule has 0 spiro atoms. The van der Waals surface area contributed by atoms with Crippen LogP contribution in [0.4, 0.5) is 5.13 Å². The maximum Gasteiger partial charge on any atom is 0.273 e. The first-order valence-electron chi connectivity index (χ1n) is 4.59. The molecule has 0 aromatic carbocycles. The van der Waals surface area contributed by atoms with Crippen LogP contribution < -0.4 is 4.72 Å². The zero-order chi connectivity index (χ0) is 12.6. The number of sulfonamides is 1. The van der Waals surface area contributed by atoms with Crippen molar-refractivity contribution in [1.29, 1.82) is 0 Å². The first-order valence-corrected chi connectivity index (χ1v) is 8.56. The molecule has 0 aliphatic rings. The van der Waals surface area contributed by atoms with Gasteiger partial charge in [0.1, 0.15) is 4.21 Å². The Morgan fingerprint density at radius 1 is 1.41 bits per heavy atom. The molecule has 0 saturated carbocycles. The molecule has 2 rings (SSSR count). The highest BCUT2D eigenvalue weighted by Crippen LogP contribution is 2.31. The summed E-state index contributed by atoms with van der Waals surface area (Å²) in [5, 5.41) is 2.19. The maximum absolute atomic E-state index is 12.0. The van der Waals surface area contributed by atoms with Gasteiger partial charge in [0.05, 0.1) is 9.48 Å². The van der Waals surface area contributed by atoms with Gasteiger partial charge in [-0.25, -0.2) is 13.4 Å². The molecule has 4 nitrogen and oxygen atoms in total. The van der Waals surface area contributed by atoms with Crippen LogP contribution in [0.5, 0.6) is 0 Å². The van der Waals surface area contributed by atoms with Crippen LogP contribution in [0.15, 0.2) is 19.4 Å². The van der Waals surface area contributed by atoms with Crippen molar-refractivity contribution in [2.75, 3.05) is 4.72 Å². The number of thiazole rings is 1. The zero-order valence-corrected chi connectivity index (χ0v) is 13.1. The van der Waals surface area contributed by atoms with E-state index in [1.165, 1.54) is 22.7 Å². The van der Waals surface area contributed by atoms with Gasteiger partial charge in [-0.3, -0.25) is 4.72 Å². The van der Waals surface area contributed by atoms with Gasteiger partial charge >= 0.3 is 0 Å². The number of hydrogen-bond acceptors (Lipinski definition) is 5. The van der Waals surface area contributed by atoms with Crippen LogP contribution in [-0.4, -0.2) is 13.4 Å². The van der Waals surface area contributed by atoms with Crippen LogP contribution in [0.2, 0.25) is 0 Å². The molecule has 0 amide bonds. The fraction of sp³-hybridized carbons (Fsp3) is 0.222. The van der Waals surface area contributed by atoms with E-state index in [1.54, 1.807) is 11.4 Å². The van der Waals surface area contributed by atoms with Crippen molar-refractivity contribution < 1.29 is 8.42 Å². The number of halogens is 1. The molecule has 2 heterocycles. The molecule has 92 valence electrons. The van der Waals surface area contributed by atoms with Crippen molar-refractivity contribution in [3.05, 3.63) is 26.5 Å². The maximum atomic E-state index is 12.0. The molecule has 0 atom stereocenters. The van der Waals surface area contributed by atoms with Crippen molar-refractivity contribution in [1.82, 2.24) is 4.98 Å². The lowest BCUT2D eigenvalue weighted by Crippen LogP contribution is -2.11. The average Bonchev–Trinajstić information content (AvgIpc) is 2.75. The summed E-state index contributed by atoms with van der Waals surface area (Å²) in [4.78, 5) is 4.07. The van der Waals surface area contributed by atoms with Gasteiger partial charge in [0.25, 0.3) is 10.0 Å².